The molecule has 1 aliphatic rings. The quantitative estimate of drug-likeness (QED) is 0.771. The molecular formula is C17H24ClF3N4O. The zero-order valence-corrected chi connectivity index (χ0v) is 15.8. The van der Waals surface area contributed by atoms with Gasteiger partial charge in [-0.05, 0) is 26.3 Å². The molecule has 1 saturated heterocycles. The minimum absolute atomic E-state index is 0.00695. The molecule has 1 amide bonds. The van der Waals surface area contributed by atoms with Crippen LogP contribution in [-0.4, -0.2) is 66.5 Å². The van der Waals surface area contributed by atoms with Crippen LogP contribution in [0.25, 0.3) is 0 Å². The zero-order chi connectivity index (χ0) is 19.3. The van der Waals surface area contributed by atoms with Crippen LogP contribution in [0.2, 0.25) is 5.02 Å². The number of halogens is 4. The van der Waals surface area contributed by atoms with Crippen molar-refractivity contribution in [2.45, 2.75) is 26.4 Å². The highest BCUT2D eigenvalue weighted by molar-refractivity contribution is 6.33. The van der Waals surface area contributed by atoms with Crippen molar-refractivity contribution in [1.82, 2.24) is 14.8 Å². The fourth-order valence-electron chi connectivity index (χ4n) is 3.03. The molecule has 0 saturated carbocycles. The van der Waals surface area contributed by atoms with Gasteiger partial charge in [0.2, 0.25) is 5.91 Å². The summed E-state index contributed by atoms with van der Waals surface area (Å²) in [4.78, 5) is 21.9. The molecule has 9 heteroatoms. The average molecular weight is 393 g/mol. The fraction of sp³-hybridized carbons (Fsp3) is 0.647. The van der Waals surface area contributed by atoms with E-state index in [1.165, 1.54) is 0 Å². The number of carbonyl (C=O) groups is 1. The van der Waals surface area contributed by atoms with Crippen molar-refractivity contribution < 1.29 is 18.0 Å². The van der Waals surface area contributed by atoms with Gasteiger partial charge in [-0.3, -0.25) is 9.69 Å². The van der Waals surface area contributed by atoms with Crippen LogP contribution in [0.1, 0.15) is 25.8 Å². The first-order valence-electron chi connectivity index (χ1n) is 8.74. The normalized spacial score (nSPS) is 16.5. The second-order valence-corrected chi connectivity index (χ2v) is 6.62. The molecule has 0 N–H and O–H groups in total. The maximum atomic E-state index is 12.7. The van der Waals surface area contributed by atoms with E-state index in [4.69, 9.17) is 11.6 Å². The lowest BCUT2D eigenvalue weighted by molar-refractivity contribution is -0.137. The molecule has 0 atom stereocenters. The number of amides is 1. The standard InChI is InChI=1S/C17H24ClF3N4O/c1-3-24(4-2)15(26)12-23-6-5-7-25(9-8-23)16-14(18)10-13(11-22-16)17(19,20)21/h10-11H,3-9,12H2,1-2H3. The molecule has 1 aliphatic heterocycles. The molecule has 2 rings (SSSR count). The van der Waals surface area contributed by atoms with Gasteiger partial charge >= 0.3 is 6.18 Å². The molecule has 26 heavy (non-hydrogen) atoms. The molecular weight excluding hydrogens is 369 g/mol. The molecule has 0 aliphatic carbocycles. The molecule has 1 aromatic rings. The van der Waals surface area contributed by atoms with E-state index in [1.807, 2.05) is 18.7 Å². The third kappa shape index (κ3) is 5.23. The Labute approximate surface area is 156 Å². The molecule has 0 radical (unpaired) electrons. The Balaban J connectivity index is 2.01. The average Bonchev–Trinajstić information content (AvgIpc) is 2.80. The van der Waals surface area contributed by atoms with Crippen LogP contribution >= 0.6 is 11.6 Å². The van der Waals surface area contributed by atoms with Gasteiger partial charge < -0.3 is 9.80 Å². The second-order valence-electron chi connectivity index (χ2n) is 6.21. The van der Waals surface area contributed by atoms with Crippen molar-refractivity contribution >= 4 is 23.3 Å². The van der Waals surface area contributed by atoms with Gasteiger partial charge in [0.25, 0.3) is 0 Å². The Morgan fingerprint density at radius 3 is 2.50 bits per heavy atom. The molecule has 1 fully saturated rings. The molecule has 5 nitrogen and oxygen atoms in total. The van der Waals surface area contributed by atoms with Gasteiger partial charge in [0, 0.05) is 45.5 Å². The van der Waals surface area contributed by atoms with Gasteiger partial charge in [0.1, 0.15) is 5.82 Å². The molecule has 0 aromatic carbocycles. The van der Waals surface area contributed by atoms with Gasteiger partial charge in [-0.25, -0.2) is 4.98 Å². The van der Waals surface area contributed by atoms with E-state index in [1.54, 1.807) is 4.90 Å². The first-order valence-corrected chi connectivity index (χ1v) is 9.11. The van der Waals surface area contributed by atoms with Gasteiger partial charge in [-0.2, -0.15) is 13.2 Å². The minimum atomic E-state index is -4.46. The first kappa shape index (κ1) is 20.8. The van der Waals surface area contributed by atoms with Crippen molar-refractivity contribution in [1.29, 1.82) is 0 Å². The molecule has 0 bridgehead atoms. The number of anilines is 1. The largest absolute Gasteiger partial charge is 0.417 e. The van der Waals surface area contributed by atoms with Crippen molar-refractivity contribution in [2.24, 2.45) is 0 Å². The topological polar surface area (TPSA) is 39.7 Å². The predicted octanol–water partition coefficient (Wildman–Crippen LogP) is 3.13. The first-order chi connectivity index (χ1) is 12.3. The van der Waals surface area contributed by atoms with E-state index < -0.39 is 11.7 Å². The van der Waals surface area contributed by atoms with Gasteiger partial charge in [-0.1, -0.05) is 11.6 Å². The van der Waals surface area contributed by atoms with Crippen LogP contribution in [0.15, 0.2) is 12.3 Å². The summed E-state index contributed by atoms with van der Waals surface area (Å²) < 4.78 is 38.2. The number of aromatic nitrogens is 1. The number of alkyl halides is 3. The van der Waals surface area contributed by atoms with Gasteiger partial charge in [0.05, 0.1) is 17.1 Å². The monoisotopic (exact) mass is 392 g/mol. The van der Waals surface area contributed by atoms with E-state index in [0.717, 1.165) is 25.2 Å². The Morgan fingerprint density at radius 2 is 1.92 bits per heavy atom. The van der Waals surface area contributed by atoms with Crippen molar-refractivity contribution in [2.75, 3.05) is 50.7 Å². The highest BCUT2D eigenvalue weighted by atomic mass is 35.5. The Kier molecular flexibility index (Phi) is 7.11. The number of hydrogen-bond donors (Lipinski definition) is 0. The van der Waals surface area contributed by atoms with Crippen molar-refractivity contribution in [3.63, 3.8) is 0 Å². The summed E-state index contributed by atoms with van der Waals surface area (Å²) in [6, 6.07) is 0.913. The van der Waals surface area contributed by atoms with E-state index in [9.17, 15) is 18.0 Å². The fourth-order valence-corrected chi connectivity index (χ4v) is 3.31. The Hall–Kier alpha value is -1.54. The smallest absolute Gasteiger partial charge is 0.354 e. The number of pyridine rings is 1. The zero-order valence-electron chi connectivity index (χ0n) is 15.0. The summed E-state index contributed by atoms with van der Waals surface area (Å²) in [6.45, 7) is 8.18. The lowest BCUT2D eigenvalue weighted by atomic mass is 10.2. The summed E-state index contributed by atoms with van der Waals surface area (Å²) in [7, 11) is 0. The number of hydrogen-bond acceptors (Lipinski definition) is 4. The Morgan fingerprint density at radius 1 is 1.23 bits per heavy atom. The summed E-state index contributed by atoms with van der Waals surface area (Å²) in [5, 5.41) is -0.00695. The van der Waals surface area contributed by atoms with Gasteiger partial charge in [-0.15, -0.1) is 0 Å². The molecule has 0 spiro atoms. The number of carbonyl (C=O) groups excluding carboxylic acids is 1. The Bertz CT molecular complexity index is 623. The molecule has 2 heterocycles. The van der Waals surface area contributed by atoms with Crippen molar-refractivity contribution in [3.8, 4) is 0 Å². The highest BCUT2D eigenvalue weighted by Crippen LogP contribution is 2.33. The molecule has 146 valence electrons. The van der Waals surface area contributed by atoms with E-state index in [2.05, 4.69) is 9.88 Å². The second kappa shape index (κ2) is 8.90. The summed E-state index contributed by atoms with van der Waals surface area (Å²) in [5.74, 6) is 0.450. The third-order valence-electron chi connectivity index (χ3n) is 4.51. The van der Waals surface area contributed by atoms with Crippen LogP contribution < -0.4 is 4.90 Å². The summed E-state index contributed by atoms with van der Waals surface area (Å²) in [5.41, 5.74) is -0.854. The van der Waals surface area contributed by atoms with Crippen LogP contribution in [0, 0.1) is 0 Å². The number of rotatable bonds is 5. The molecule has 0 unspecified atom stereocenters. The SMILES string of the molecule is CCN(CC)C(=O)CN1CCCN(c2ncc(C(F)(F)F)cc2Cl)CC1. The summed E-state index contributed by atoms with van der Waals surface area (Å²) in [6.07, 6.45) is -2.87. The maximum absolute atomic E-state index is 12.7. The maximum Gasteiger partial charge on any atom is 0.417 e. The van der Waals surface area contributed by atoms with E-state index in [0.29, 0.717) is 45.1 Å². The molecule has 1 aromatic heterocycles. The van der Waals surface area contributed by atoms with Crippen LogP contribution in [-0.2, 0) is 11.0 Å². The number of nitrogens with zero attached hydrogens (tertiary/aromatic N) is 4. The third-order valence-corrected chi connectivity index (χ3v) is 4.79. The van der Waals surface area contributed by atoms with E-state index in [-0.39, 0.29) is 10.9 Å². The predicted molar refractivity (Wildman–Crippen MR) is 95.4 cm³/mol. The summed E-state index contributed by atoms with van der Waals surface area (Å²) >= 11 is 6.04. The van der Waals surface area contributed by atoms with Gasteiger partial charge in [0.15, 0.2) is 0 Å². The van der Waals surface area contributed by atoms with E-state index >= 15 is 0 Å². The van der Waals surface area contributed by atoms with Crippen LogP contribution in [0.4, 0.5) is 19.0 Å². The lowest BCUT2D eigenvalue weighted by Gasteiger charge is -2.25. The van der Waals surface area contributed by atoms with Crippen LogP contribution in [0.3, 0.4) is 0 Å². The van der Waals surface area contributed by atoms with Crippen LogP contribution in [0.5, 0.6) is 0 Å². The lowest BCUT2D eigenvalue weighted by Crippen LogP contribution is -2.41. The number of likely N-dealkylation sites (N-methyl/N-ethyl adjacent to an activating group) is 1. The highest BCUT2D eigenvalue weighted by Gasteiger charge is 2.32. The minimum Gasteiger partial charge on any atom is -0.354 e. The van der Waals surface area contributed by atoms with Crippen molar-refractivity contribution in [3.05, 3.63) is 22.8 Å².